The number of rotatable bonds is 13. The third kappa shape index (κ3) is 6.49. The van der Waals surface area contributed by atoms with Crippen molar-refractivity contribution >= 4 is 25.6 Å². The fourth-order valence-electron chi connectivity index (χ4n) is 4.61. The number of hydrogen-bond donors (Lipinski definition) is 3. The Balaban J connectivity index is 1.56. The van der Waals surface area contributed by atoms with Gasteiger partial charge in [0.1, 0.15) is 19.0 Å². The lowest BCUT2D eigenvalue weighted by Crippen LogP contribution is -2.59. The predicted molar refractivity (Wildman–Crippen MR) is 148 cm³/mol. The van der Waals surface area contributed by atoms with Gasteiger partial charge in [-0.05, 0) is 61.4 Å². The van der Waals surface area contributed by atoms with Gasteiger partial charge in [-0.2, -0.15) is 0 Å². The topological polar surface area (TPSA) is 122 Å². The number of nitrogens with zero attached hydrogens (tertiary/aromatic N) is 1. The van der Waals surface area contributed by atoms with Gasteiger partial charge in [-0.25, -0.2) is 5.48 Å². The molecule has 1 unspecified atom stereocenters. The van der Waals surface area contributed by atoms with E-state index in [1.54, 1.807) is 41.9 Å². The van der Waals surface area contributed by atoms with Crippen molar-refractivity contribution in [3.8, 4) is 16.9 Å². The fraction of sp³-hybridized carbons (Fsp3) is 0.300. The van der Waals surface area contributed by atoms with Gasteiger partial charge in [0.2, 0.25) is 11.8 Å². The maximum absolute atomic E-state index is 13.9. The van der Waals surface area contributed by atoms with Crippen LogP contribution >= 0.6 is 0 Å². The van der Waals surface area contributed by atoms with Crippen LogP contribution in [0.5, 0.6) is 5.75 Å². The van der Waals surface area contributed by atoms with Crippen LogP contribution in [0.4, 0.5) is 0 Å². The summed E-state index contributed by atoms with van der Waals surface area (Å²) in [6.07, 6.45) is 3.57. The largest absolute Gasteiger partial charge is 0.493 e. The molecule has 0 heterocycles. The molecule has 0 aliphatic heterocycles. The number of primary amides is 1. The van der Waals surface area contributed by atoms with Gasteiger partial charge in [-0.3, -0.25) is 19.6 Å². The Kier molecular flexibility index (Phi) is 9.04. The highest BCUT2D eigenvalue weighted by molar-refractivity contribution is 6.30. The standard InChI is InChI=1S/C30H32BN3O5/c31-30(29(32)37,25-11-6-7-12-26(25)39-20-8-2-5-13-27(35)33-38)34(24-18-19-24)28(36)23-16-14-22(15-17-23)21-9-3-1-4-10-21/h1,3-4,6-7,9-12,14-17,24,38H,2,5,8,13,18-20H2,(H2,32,37)(H,33,35). The molecule has 2 radical (unpaired) electrons. The Morgan fingerprint density at radius 1 is 0.923 bits per heavy atom. The maximum atomic E-state index is 13.9. The number of nitrogens with one attached hydrogen (secondary N) is 1. The van der Waals surface area contributed by atoms with Gasteiger partial charge in [-0.15, -0.1) is 0 Å². The minimum absolute atomic E-state index is 0.214. The van der Waals surface area contributed by atoms with Crippen molar-refractivity contribution in [3.05, 3.63) is 90.0 Å². The summed E-state index contributed by atoms with van der Waals surface area (Å²) >= 11 is 0. The van der Waals surface area contributed by atoms with Crippen LogP contribution < -0.4 is 16.0 Å². The molecule has 200 valence electrons. The average molecular weight is 525 g/mol. The maximum Gasteiger partial charge on any atom is 0.254 e. The van der Waals surface area contributed by atoms with E-state index >= 15 is 0 Å². The molecule has 4 rings (SSSR count). The molecule has 1 atom stereocenters. The Hall–Kier alpha value is -4.11. The Labute approximate surface area is 229 Å². The van der Waals surface area contributed by atoms with E-state index in [-0.39, 0.29) is 18.4 Å². The molecule has 3 aromatic rings. The van der Waals surface area contributed by atoms with E-state index < -0.39 is 17.3 Å². The Bertz CT molecular complexity index is 1300. The smallest absolute Gasteiger partial charge is 0.254 e. The molecule has 1 fully saturated rings. The summed E-state index contributed by atoms with van der Waals surface area (Å²) in [6, 6.07) is 23.7. The second-order valence-electron chi connectivity index (χ2n) is 9.67. The molecule has 3 amide bonds. The summed E-state index contributed by atoms with van der Waals surface area (Å²) in [6.45, 7) is 0.310. The summed E-state index contributed by atoms with van der Waals surface area (Å²) in [5, 5.41) is 8.60. The molecule has 4 N–H and O–H groups in total. The molecular weight excluding hydrogens is 493 g/mol. The number of unbranched alkanes of at least 4 members (excludes halogenated alkanes) is 2. The molecule has 1 aliphatic carbocycles. The molecular formula is C30H32BN3O5. The Morgan fingerprint density at radius 2 is 1.56 bits per heavy atom. The normalized spacial score (nSPS) is 14.2. The molecule has 0 saturated heterocycles. The summed E-state index contributed by atoms with van der Waals surface area (Å²) in [4.78, 5) is 39.5. The second kappa shape index (κ2) is 12.6. The lowest BCUT2D eigenvalue weighted by atomic mass is 9.69. The molecule has 8 nitrogen and oxygen atoms in total. The van der Waals surface area contributed by atoms with Crippen molar-refractivity contribution in [2.24, 2.45) is 5.73 Å². The van der Waals surface area contributed by atoms with Crippen molar-refractivity contribution in [2.45, 2.75) is 50.0 Å². The Morgan fingerprint density at radius 3 is 2.21 bits per heavy atom. The van der Waals surface area contributed by atoms with Gasteiger partial charge >= 0.3 is 0 Å². The monoisotopic (exact) mass is 525 g/mol. The first-order valence-electron chi connectivity index (χ1n) is 13.1. The van der Waals surface area contributed by atoms with Gasteiger partial charge in [0.15, 0.2) is 0 Å². The van der Waals surface area contributed by atoms with E-state index in [9.17, 15) is 14.4 Å². The molecule has 39 heavy (non-hydrogen) atoms. The van der Waals surface area contributed by atoms with E-state index in [1.807, 2.05) is 42.5 Å². The number of nitrogens with two attached hydrogens (primary N) is 1. The predicted octanol–water partition coefficient (Wildman–Crippen LogP) is 3.91. The number of carbonyl (C=O) groups excluding carboxylic acids is 3. The van der Waals surface area contributed by atoms with Crippen LogP contribution in [-0.2, 0) is 15.0 Å². The van der Waals surface area contributed by atoms with Crippen LogP contribution in [0.1, 0.15) is 54.4 Å². The van der Waals surface area contributed by atoms with Crippen molar-refractivity contribution in [2.75, 3.05) is 6.61 Å². The van der Waals surface area contributed by atoms with Crippen LogP contribution in [0.3, 0.4) is 0 Å². The van der Waals surface area contributed by atoms with E-state index in [2.05, 4.69) is 0 Å². The summed E-state index contributed by atoms with van der Waals surface area (Å²) in [5.41, 5.74) is 8.33. The second-order valence-corrected chi connectivity index (χ2v) is 9.67. The highest BCUT2D eigenvalue weighted by Gasteiger charge is 2.49. The molecule has 0 spiro atoms. The van der Waals surface area contributed by atoms with Crippen molar-refractivity contribution < 1.29 is 24.3 Å². The van der Waals surface area contributed by atoms with Gasteiger partial charge in [0, 0.05) is 23.6 Å². The van der Waals surface area contributed by atoms with Gasteiger partial charge in [-0.1, -0.05) is 60.7 Å². The van der Waals surface area contributed by atoms with Crippen LogP contribution in [0.25, 0.3) is 11.1 Å². The van der Waals surface area contributed by atoms with Crippen molar-refractivity contribution in [3.63, 3.8) is 0 Å². The zero-order chi connectivity index (χ0) is 27.8. The number of carbonyl (C=O) groups is 3. The molecule has 3 aromatic carbocycles. The summed E-state index contributed by atoms with van der Waals surface area (Å²) in [7, 11) is 6.79. The third-order valence-electron chi connectivity index (χ3n) is 6.85. The van der Waals surface area contributed by atoms with Gasteiger partial charge in [0.25, 0.3) is 5.91 Å². The average Bonchev–Trinajstić information content (AvgIpc) is 3.80. The number of hydroxylamine groups is 1. The first-order valence-corrected chi connectivity index (χ1v) is 13.1. The minimum Gasteiger partial charge on any atom is -0.493 e. The van der Waals surface area contributed by atoms with E-state index in [0.29, 0.717) is 55.6 Å². The zero-order valence-corrected chi connectivity index (χ0v) is 21.7. The van der Waals surface area contributed by atoms with E-state index in [1.165, 1.54) is 4.90 Å². The number of benzene rings is 3. The van der Waals surface area contributed by atoms with Gasteiger partial charge < -0.3 is 15.4 Å². The van der Waals surface area contributed by atoms with Crippen LogP contribution in [0, 0.1) is 0 Å². The van der Waals surface area contributed by atoms with Crippen LogP contribution in [0.2, 0.25) is 0 Å². The van der Waals surface area contributed by atoms with Crippen molar-refractivity contribution in [1.82, 2.24) is 10.4 Å². The first-order chi connectivity index (χ1) is 18.9. The van der Waals surface area contributed by atoms with Crippen LogP contribution in [-0.4, -0.2) is 48.3 Å². The van der Waals surface area contributed by atoms with Gasteiger partial charge in [0.05, 0.1) is 6.61 Å². The molecule has 9 heteroatoms. The zero-order valence-electron chi connectivity index (χ0n) is 21.7. The SMILES string of the molecule is [B]C(C(N)=O)(c1ccccc1OCCCCCC(=O)NO)N(C(=O)c1ccc(-c2ccccc2)cc1)C1CC1. The number of para-hydroxylation sites is 1. The molecule has 1 saturated carbocycles. The number of hydrogen-bond acceptors (Lipinski definition) is 5. The summed E-state index contributed by atoms with van der Waals surface area (Å²) < 4.78 is 5.99. The fourth-order valence-corrected chi connectivity index (χ4v) is 4.61. The number of amides is 3. The highest BCUT2D eigenvalue weighted by atomic mass is 16.5. The lowest BCUT2D eigenvalue weighted by Gasteiger charge is -2.41. The third-order valence-corrected chi connectivity index (χ3v) is 6.85. The molecule has 0 aromatic heterocycles. The summed E-state index contributed by atoms with van der Waals surface area (Å²) in [5.74, 6) is -1.30. The van der Waals surface area contributed by atoms with E-state index in [4.69, 9.17) is 23.5 Å². The quantitative estimate of drug-likeness (QED) is 0.135. The van der Waals surface area contributed by atoms with E-state index in [0.717, 1.165) is 11.1 Å². The highest BCUT2D eigenvalue weighted by Crippen LogP contribution is 2.41. The van der Waals surface area contributed by atoms with Crippen LogP contribution in [0.15, 0.2) is 78.9 Å². The minimum atomic E-state index is -1.92. The number of ether oxygens (including phenoxy) is 1. The first kappa shape index (κ1) is 27.9. The molecule has 0 bridgehead atoms. The lowest BCUT2D eigenvalue weighted by molar-refractivity contribution is -0.129. The van der Waals surface area contributed by atoms with Crippen molar-refractivity contribution in [1.29, 1.82) is 0 Å². The molecule has 1 aliphatic rings.